The van der Waals surface area contributed by atoms with Crippen molar-refractivity contribution in [2.24, 2.45) is 17.6 Å². The van der Waals surface area contributed by atoms with E-state index in [0.717, 1.165) is 50.4 Å². The van der Waals surface area contributed by atoms with Gasteiger partial charge in [0.05, 0.1) is 43.0 Å². The van der Waals surface area contributed by atoms with Crippen LogP contribution in [0, 0.1) is 11.8 Å². The first-order valence-corrected chi connectivity index (χ1v) is 15.4. The lowest BCUT2D eigenvalue weighted by atomic mass is 9.86. The van der Waals surface area contributed by atoms with Gasteiger partial charge in [-0.2, -0.15) is 0 Å². The Hall–Kier alpha value is -2.53. The van der Waals surface area contributed by atoms with Gasteiger partial charge in [0, 0.05) is 37.5 Å². The Morgan fingerprint density at radius 1 is 1.21 bits per heavy atom. The van der Waals surface area contributed by atoms with Crippen molar-refractivity contribution in [3.05, 3.63) is 36.0 Å². The minimum Gasteiger partial charge on any atom is -0.465 e. The molecule has 4 heterocycles. The Labute approximate surface area is 249 Å². The molecule has 1 spiro atoms. The van der Waals surface area contributed by atoms with E-state index < -0.39 is 6.09 Å². The number of primary amides is 1. The van der Waals surface area contributed by atoms with Crippen molar-refractivity contribution in [3.8, 4) is 0 Å². The number of nitrogens with zero attached hydrogens (tertiary/aromatic N) is 1. The van der Waals surface area contributed by atoms with E-state index in [0.29, 0.717) is 19.1 Å². The summed E-state index contributed by atoms with van der Waals surface area (Å²) in [5, 5.41) is 13.6. The summed E-state index contributed by atoms with van der Waals surface area (Å²) < 4.78 is 18.3. The standard InChI is InChI=1S/C32H49N3O7/c1-20(7-10-25-16-32(19-40-32)17-26(42-25)15-30(33)37)8-12-29-22(3)14-27(23(4)41-29)34-24-9-11-28(21(2)6-5-13-36)35(18-24)31(38)39/h5-8,10,13,21-29,34H,9,11-12,14-19H2,1-4H3,(H2,33,37)(H,38,39)/t21?,22-,23+,24?,25+,26+,27+,28-,29-,32+/m0/s1. The van der Waals surface area contributed by atoms with Gasteiger partial charge in [0.1, 0.15) is 6.29 Å². The van der Waals surface area contributed by atoms with Crippen LogP contribution in [0.5, 0.6) is 0 Å². The molecule has 4 N–H and O–H groups in total. The highest BCUT2D eigenvalue weighted by atomic mass is 16.6. The first kappa shape index (κ1) is 32.4. The molecule has 0 aromatic heterocycles. The molecule has 2 unspecified atom stereocenters. The number of carboxylic acid groups (broad SMARTS) is 1. The van der Waals surface area contributed by atoms with E-state index in [-0.39, 0.29) is 66.4 Å². The van der Waals surface area contributed by atoms with Gasteiger partial charge < -0.3 is 35.3 Å². The number of epoxide rings is 1. The van der Waals surface area contributed by atoms with Gasteiger partial charge in [0.2, 0.25) is 5.91 Å². The molecule has 4 saturated heterocycles. The first-order chi connectivity index (χ1) is 20.0. The summed E-state index contributed by atoms with van der Waals surface area (Å²) >= 11 is 0. The zero-order chi connectivity index (χ0) is 30.4. The van der Waals surface area contributed by atoms with Crippen LogP contribution in [0.15, 0.2) is 36.0 Å². The van der Waals surface area contributed by atoms with Crippen LogP contribution in [0.1, 0.15) is 72.6 Å². The quantitative estimate of drug-likeness (QED) is 0.144. The zero-order valence-electron chi connectivity index (χ0n) is 25.4. The van der Waals surface area contributed by atoms with Crippen molar-refractivity contribution in [2.45, 2.75) is 121 Å². The van der Waals surface area contributed by atoms with Gasteiger partial charge in [-0.3, -0.25) is 9.59 Å². The fraction of sp³-hybridized carbons (Fsp3) is 0.719. The number of allylic oxidation sites excluding steroid dienone is 3. The van der Waals surface area contributed by atoms with Crippen molar-refractivity contribution in [1.82, 2.24) is 10.2 Å². The maximum atomic E-state index is 12.0. The average molecular weight is 588 g/mol. The summed E-state index contributed by atoms with van der Waals surface area (Å²) in [6.07, 6.45) is 14.3. The van der Waals surface area contributed by atoms with E-state index in [1.165, 1.54) is 11.0 Å². The highest BCUT2D eigenvalue weighted by Crippen LogP contribution is 2.43. The molecule has 0 saturated carbocycles. The maximum Gasteiger partial charge on any atom is 0.407 e. The van der Waals surface area contributed by atoms with Crippen molar-refractivity contribution < 1.29 is 33.7 Å². The Kier molecular flexibility index (Phi) is 11.0. The fourth-order valence-corrected chi connectivity index (χ4v) is 6.92. The highest BCUT2D eigenvalue weighted by Gasteiger charge is 2.51. The average Bonchev–Trinajstić information content (AvgIpc) is 3.68. The number of hydrogen-bond donors (Lipinski definition) is 3. The van der Waals surface area contributed by atoms with Crippen molar-refractivity contribution in [2.75, 3.05) is 13.2 Å². The third kappa shape index (κ3) is 8.75. The number of likely N-dealkylation sites (tertiary alicyclic amines) is 1. The van der Waals surface area contributed by atoms with Crippen LogP contribution < -0.4 is 11.1 Å². The van der Waals surface area contributed by atoms with Gasteiger partial charge in [-0.25, -0.2) is 4.79 Å². The van der Waals surface area contributed by atoms with Gasteiger partial charge in [-0.05, 0) is 57.4 Å². The molecule has 0 aromatic carbocycles. The predicted molar refractivity (Wildman–Crippen MR) is 159 cm³/mol. The summed E-state index contributed by atoms with van der Waals surface area (Å²) in [5.74, 6) is -0.0292. The fourth-order valence-electron chi connectivity index (χ4n) is 6.92. The molecular weight excluding hydrogens is 538 g/mol. The molecule has 10 atom stereocenters. The van der Waals surface area contributed by atoms with Gasteiger partial charge in [0.25, 0.3) is 0 Å². The number of hydrogen-bond acceptors (Lipinski definition) is 7. The van der Waals surface area contributed by atoms with Crippen LogP contribution in [0.3, 0.4) is 0 Å². The lowest BCUT2D eigenvalue weighted by molar-refractivity contribution is -0.124. The number of aldehydes is 1. The van der Waals surface area contributed by atoms with Crippen LogP contribution in [-0.2, 0) is 23.8 Å². The van der Waals surface area contributed by atoms with Gasteiger partial charge in [-0.1, -0.05) is 43.7 Å². The third-order valence-electron chi connectivity index (χ3n) is 9.41. The number of ether oxygens (including phenoxy) is 3. The Balaban J connectivity index is 1.26. The molecule has 4 rings (SSSR count). The Morgan fingerprint density at radius 2 is 1.98 bits per heavy atom. The summed E-state index contributed by atoms with van der Waals surface area (Å²) in [7, 11) is 0. The summed E-state index contributed by atoms with van der Waals surface area (Å²) in [5.41, 5.74) is 6.37. The topological polar surface area (TPSA) is 144 Å². The van der Waals surface area contributed by atoms with Crippen LogP contribution in [0.25, 0.3) is 0 Å². The number of carbonyl (C=O) groups is 3. The van der Waals surface area contributed by atoms with Gasteiger partial charge >= 0.3 is 6.09 Å². The van der Waals surface area contributed by atoms with Crippen LogP contribution in [0.2, 0.25) is 0 Å². The normalized spacial score (nSPS) is 38.2. The molecule has 234 valence electrons. The Bertz CT molecular complexity index is 1050. The zero-order valence-corrected chi connectivity index (χ0v) is 25.4. The van der Waals surface area contributed by atoms with Crippen molar-refractivity contribution >= 4 is 18.3 Å². The Morgan fingerprint density at radius 3 is 2.64 bits per heavy atom. The second-order valence-electron chi connectivity index (χ2n) is 12.9. The molecule has 4 fully saturated rings. The molecule has 10 heteroatoms. The summed E-state index contributed by atoms with van der Waals surface area (Å²) in [6, 6.07) is 0.0876. The number of nitrogens with one attached hydrogen (secondary N) is 1. The maximum absolute atomic E-state index is 12.0. The summed E-state index contributed by atoms with van der Waals surface area (Å²) in [4.78, 5) is 35.7. The van der Waals surface area contributed by atoms with E-state index in [4.69, 9.17) is 19.9 Å². The molecular formula is C32H49N3O7. The number of piperidine rings is 1. The van der Waals surface area contributed by atoms with Crippen molar-refractivity contribution in [3.63, 3.8) is 0 Å². The second kappa shape index (κ2) is 14.3. The number of carbonyl (C=O) groups excluding carboxylic acids is 2. The number of nitrogens with two attached hydrogens (primary N) is 1. The van der Waals surface area contributed by atoms with E-state index in [1.54, 1.807) is 6.08 Å². The van der Waals surface area contributed by atoms with Crippen LogP contribution in [0.4, 0.5) is 4.79 Å². The molecule has 0 bridgehead atoms. The molecule has 0 radical (unpaired) electrons. The lowest BCUT2D eigenvalue weighted by Gasteiger charge is -2.44. The van der Waals surface area contributed by atoms with Crippen LogP contribution >= 0.6 is 0 Å². The number of rotatable bonds is 11. The molecule has 0 aliphatic carbocycles. The minimum absolute atomic E-state index is 0.00783. The molecule has 42 heavy (non-hydrogen) atoms. The summed E-state index contributed by atoms with van der Waals surface area (Å²) in [6.45, 7) is 9.49. The molecule has 10 nitrogen and oxygen atoms in total. The first-order valence-electron chi connectivity index (χ1n) is 15.4. The largest absolute Gasteiger partial charge is 0.465 e. The molecule has 4 aliphatic rings. The second-order valence-corrected chi connectivity index (χ2v) is 12.9. The smallest absolute Gasteiger partial charge is 0.407 e. The predicted octanol–water partition coefficient (Wildman–Crippen LogP) is 3.74. The van der Waals surface area contributed by atoms with E-state index in [2.05, 4.69) is 44.3 Å². The van der Waals surface area contributed by atoms with Crippen molar-refractivity contribution in [1.29, 1.82) is 0 Å². The van der Waals surface area contributed by atoms with Crippen LogP contribution in [-0.4, -0.2) is 89.6 Å². The highest BCUT2D eigenvalue weighted by molar-refractivity contribution is 5.74. The molecule has 2 amide bonds. The monoisotopic (exact) mass is 587 g/mol. The SMILES string of the molecule is CC(C=C[C@@H]1C[C@]2(CO2)C[C@@H](CC(N)=O)O1)=CC[C@@H]1O[C@H](C)[C@H](NC2CC[C@@H](C(C)C=CC=O)N(C(=O)O)C2)C[C@@H]1C. The van der Waals surface area contributed by atoms with Gasteiger partial charge in [0.15, 0.2) is 0 Å². The van der Waals surface area contributed by atoms with E-state index in [9.17, 15) is 19.5 Å². The third-order valence-corrected chi connectivity index (χ3v) is 9.41. The molecule has 4 aliphatic heterocycles. The van der Waals surface area contributed by atoms with Gasteiger partial charge in [-0.15, -0.1) is 0 Å². The minimum atomic E-state index is -0.920. The number of amides is 2. The van der Waals surface area contributed by atoms with E-state index >= 15 is 0 Å². The lowest BCUT2D eigenvalue weighted by Crippen LogP contribution is -2.59. The van der Waals surface area contributed by atoms with E-state index in [1.807, 2.05) is 6.92 Å². The molecule has 0 aromatic rings.